The molecule has 0 fully saturated rings. The SMILES string of the molecule is CCC(Cl)C(N)C(=O)C[C@H](N)C(=O)O. The Morgan fingerprint density at radius 3 is 2.29 bits per heavy atom. The summed E-state index contributed by atoms with van der Waals surface area (Å²) in [7, 11) is 0. The van der Waals surface area contributed by atoms with Crippen molar-refractivity contribution in [1.82, 2.24) is 0 Å². The highest BCUT2D eigenvalue weighted by atomic mass is 35.5. The molecule has 0 aromatic rings. The Morgan fingerprint density at radius 1 is 1.43 bits per heavy atom. The molecule has 0 aliphatic carbocycles. The number of hydrogen-bond donors (Lipinski definition) is 3. The topological polar surface area (TPSA) is 106 Å². The van der Waals surface area contributed by atoms with Crippen LogP contribution in [0.2, 0.25) is 0 Å². The largest absolute Gasteiger partial charge is 0.480 e. The van der Waals surface area contributed by atoms with Crippen LogP contribution < -0.4 is 11.5 Å². The van der Waals surface area contributed by atoms with E-state index in [1.807, 2.05) is 0 Å². The third-order valence-electron chi connectivity index (χ3n) is 1.89. The molecular weight excluding hydrogens is 208 g/mol. The lowest BCUT2D eigenvalue weighted by Gasteiger charge is -2.16. The molecule has 0 aromatic heterocycles. The van der Waals surface area contributed by atoms with Gasteiger partial charge in [-0.25, -0.2) is 0 Å². The van der Waals surface area contributed by atoms with Gasteiger partial charge in [-0.3, -0.25) is 9.59 Å². The van der Waals surface area contributed by atoms with Gasteiger partial charge in [-0.2, -0.15) is 0 Å². The second-order valence-corrected chi connectivity index (χ2v) is 3.63. The molecule has 14 heavy (non-hydrogen) atoms. The Labute approximate surface area is 87.4 Å². The van der Waals surface area contributed by atoms with Crippen LogP contribution in [0.4, 0.5) is 0 Å². The number of alkyl halides is 1. The van der Waals surface area contributed by atoms with Gasteiger partial charge in [-0.05, 0) is 6.42 Å². The average Bonchev–Trinajstić information content (AvgIpc) is 2.14. The summed E-state index contributed by atoms with van der Waals surface area (Å²) in [6, 6.07) is -2.04. The smallest absolute Gasteiger partial charge is 0.320 e. The Hall–Kier alpha value is -0.650. The molecule has 0 spiro atoms. The van der Waals surface area contributed by atoms with Crippen molar-refractivity contribution in [1.29, 1.82) is 0 Å². The van der Waals surface area contributed by atoms with Crippen molar-refractivity contribution in [2.75, 3.05) is 0 Å². The first kappa shape index (κ1) is 13.4. The third kappa shape index (κ3) is 4.04. The first-order chi connectivity index (χ1) is 6.40. The van der Waals surface area contributed by atoms with Crippen LogP contribution in [-0.4, -0.2) is 34.3 Å². The van der Waals surface area contributed by atoms with Crippen molar-refractivity contribution in [3.05, 3.63) is 0 Å². The number of carboxylic acids is 1. The van der Waals surface area contributed by atoms with Gasteiger partial charge in [0.15, 0.2) is 5.78 Å². The van der Waals surface area contributed by atoms with Crippen LogP contribution in [0.3, 0.4) is 0 Å². The molecular formula is C8H15ClN2O3. The molecule has 2 unspecified atom stereocenters. The van der Waals surface area contributed by atoms with Crippen LogP contribution in [0.5, 0.6) is 0 Å². The number of carbonyl (C=O) groups is 2. The van der Waals surface area contributed by atoms with Gasteiger partial charge in [-0.15, -0.1) is 11.6 Å². The number of nitrogens with two attached hydrogens (primary N) is 2. The van der Waals surface area contributed by atoms with Gasteiger partial charge in [0, 0.05) is 6.42 Å². The van der Waals surface area contributed by atoms with Crippen LogP contribution in [0.15, 0.2) is 0 Å². The summed E-state index contributed by atoms with van der Waals surface area (Å²) >= 11 is 5.74. The van der Waals surface area contributed by atoms with Crippen LogP contribution in [0, 0.1) is 0 Å². The minimum absolute atomic E-state index is 0.278. The molecule has 3 atom stereocenters. The summed E-state index contributed by atoms with van der Waals surface area (Å²) in [6.45, 7) is 1.79. The van der Waals surface area contributed by atoms with Crippen molar-refractivity contribution in [3.63, 3.8) is 0 Å². The second-order valence-electron chi connectivity index (χ2n) is 3.07. The minimum Gasteiger partial charge on any atom is -0.480 e. The van der Waals surface area contributed by atoms with E-state index in [-0.39, 0.29) is 6.42 Å². The summed E-state index contributed by atoms with van der Waals surface area (Å²) in [5.74, 6) is -1.63. The molecule has 0 aliphatic rings. The predicted octanol–water partition coefficient (Wildman–Crippen LogP) is -0.298. The Balaban J connectivity index is 4.14. The lowest BCUT2D eigenvalue weighted by Crippen LogP contribution is -2.43. The Kier molecular flexibility index (Phi) is 5.68. The summed E-state index contributed by atoms with van der Waals surface area (Å²) < 4.78 is 0. The van der Waals surface area contributed by atoms with E-state index in [1.54, 1.807) is 6.92 Å². The fraction of sp³-hybridized carbons (Fsp3) is 0.750. The third-order valence-corrected chi connectivity index (χ3v) is 2.47. The van der Waals surface area contributed by atoms with Gasteiger partial charge in [0.1, 0.15) is 6.04 Å². The monoisotopic (exact) mass is 222 g/mol. The highest BCUT2D eigenvalue weighted by molar-refractivity contribution is 6.22. The van der Waals surface area contributed by atoms with Gasteiger partial charge in [-0.1, -0.05) is 6.92 Å². The fourth-order valence-electron chi connectivity index (χ4n) is 0.896. The van der Waals surface area contributed by atoms with E-state index in [4.69, 9.17) is 28.2 Å². The number of halogens is 1. The maximum absolute atomic E-state index is 11.3. The molecule has 0 heterocycles. The highest BCUT2D eigenvalue weighted by Crippen LogP contribution is 2.08. The summed E-state index contributed by atoms with van der Waals surface area (Å²) in [5, 5.41) is 7.99. The van der Waals surface area contributed by atoms with Gasteiger partial charge in [0.05, 0.1) is 11.4 Å². The summed E-state index contributed by atoms with van der Waals surface area (Å²) in [5.41, 5.74) is 10.7. The van der Waals surface area contributed by atoms with E-state index < -0.39 is 29.2 Å². The van der Waals surface area contributed by atoms with Crippen LogP contribution in [0.25, 0.3) is 0 Å². The minimum atomic E-state index is -1.21. The number of ketones is 1. The summed E-state index contributed by atoms with van der Waals surface area (Å²) in [4.78, 5) is 21.7. The molecule has 0 aliphatic heterocycles. The van der Waals surface area contributed by atoms with E-state index in [0.717, 1.165) is 0 Å². The average molecular weight is 223 g/mol. The molecule has 6 heteroatoms. The zero-order valence-corrected chi connectivity index (χ0v) is 8.70. The maximum atomic E-state index is 11.3. The lowest BCUT2D eigenvalue weighted by atomic mass is 10.0. The van der Waals surface area contributed by atoms with Crippen LogP contribution in [0.1, 0.15) is 19.8 Å². The van der Waals surface area contributed by atoms with E-state index in [9.17, 15) is 9.59 Å². The molecule has 0 aromatic carbocycles. The van der Waals surface area contributed by atoms with Crippen molar-refractivity contribution >= 4 is 23.4 Å². The molecule has 5 nitrogen and oxygen atoms in total. The van der Waals surface area contributed by atoms with Gasteiger partial charge < -0.3 is 16.6 Å². The van der Waals surface area contributed by atoms with E-state index in [1.165, 1.54) is 0 Å². The Morgan fingerprint density at radius 2 is 1.93 bits per heavy atom. The number of aliphatic carboxylic acids is 1. The lowest BCUT2D eigenvalue weighted by molar-refractivity contribution is -0.140. The molecule has 0 amide bonds. The number of carboxylic acid groups (broad SMARTS) is 1. The molecule has 0 radical (unpaired) electrons. The Bertz CT molecular complexity index is 223. The normalized spacial score (nSPS) is 17.1. The first-order valence-electron chi connectivity index (χ1n) is 4.30. The molecule has 0 saturated carbocycles. The summed E-state index contributed by atoms with van der Waals surface area (Å²) in [6.07, 6.45) is 0.274. The van der Waals surface area contributed by atoms with Gasteiger partial charge in [0.25, 0.3) is 0 Å². The van der Waals surface area contributed by atoms with Gasteiger partial charge >= 0.3 is 5.97 Å². The molecule has 0 rings (SSSR count). The highest BCUT2D eigenvalue weighted by Gasteiger charge is 2.25. The van der Waals surface area contributed by atoms with E-state index in [0.29, 0.717) is 6.42 Å². The van der Waals surface area contributed by atoms with Crippen molar-refractivity contribution in [3.8, 4) is 0 Å². The predicted molar refractivity (Wildman–Crippen MR) is 53.1 cm³/mol. The van der Waals surface area contributed by atoms with Gasteiger partial charge in [0.2, 0.25) is 0 Å². The van der Waals surface area contributed by atoms with Crippen LogP contribution in [-0.2, 0) is 9.59 Å². The standard InChI is InChI=1S/C8H15ClN2O3/c1-2-4(9)7(11)6(12)3-5(10)8(13)14/h4-5,7H,2-3,10-11H2,1H3,(H,13,14)/t4?,5-,7?/m0/s1. The number of hydrogen-bond acceptors (Lipinski definition) is 4. The molecule has 0 saturated heterocycles. The second kappa shape index (κ2) is 5.95. The number of carbonyl (C=O) groups excluding carboxylic acids is 1. The van der Waals surface area contributed by atoms with Crippen molar-refractivity contribution < 1.29 is 14.7 Å². The number of rotatable bonds is 6. The van der Waals surface area contributed by atoms with Crippen molar-refractivity contribution in [2.24, 2.45) is 11.5 Å². The fourth-order valence-corrected chi connectivity index (χ4v) is 1.04. The quantitative estimate of drug-likeness (QED) is 0.535. The molecule has 5 N–H and O–H groups in total. The maximum Gasteiger partial charge on any atom is 0.320 e. The van der Waals surface area contributed by atoms with E-state index in [2.05, 4.69) is 0 Å². The van der Waals surface area contributed by atoms with Crippen molar-refractivity contribution in [2.45, 2.75) is 37.2 Å². The zero-order chi connectivity index (χ0) is 11.3. The first-order valence-corrected chi connectivity index (χ1v) is 4.74. The van der Waals surface area contributed by atoms with Crippen LogP contribution >= 0.6 is 11.6 Å². The zero-order valence-electron chi connectivity index (χ0n) is 7.94. The molecule has 0 bridgehead atoms. The van der Waals surface area contributed by atoms with E-state index >= 15 is 0 Å². The molecule has 82 valence electrons. The number of Topliss-reactive ketones (excluding diaryl/α,β-unsaturated/α-hetero) is 1.